The zero-order chi connectivity index (χ0) is 9.68. The molecule has 70 valence electrons. The second-order valence-electron chi connectivity index (χ2n) is 3.24. The average Bonchev–Trinajstić information content (AvgIpc) is 2.11. The first-order valence-corrected chi connectivity index (χ1v) is 5.07. The highest BCUT2D eigenvalue weighted by molar-refractivity contribution is 6.17. The molecular weight excluding hydrogens is 180 g/mol. The molecular formula is C12H15Cl. The van der Waals surface area contributed by atoms with Gasteiger partial charge in [0.2, 0.25) is 0 Å². The van der Waals surface area contributed by atoms with Crippen LogP contribution in [0.25, 0.3) is 6.08 Å². The molecule has 0 N–H and O–H groups in total. The summed E-state index contributed by atoms with van der Waals surface area (Å²) in [5.41, 5.74) is 3.91. The highest BCUT2D eigenvalue weighted by atomic mass is 35.5. The van der Waals surface area contributed by atoms with Crippen LogP contribution in [0.15, 0.2) is 24.3 Å². The number of allylic oxidation sites excluding steroid dienone is 1. The van der Waals surface area contributed by atoms with E-state index in [0.717, 1.165) is 6.42 Å². The second kappa shape index (κ2) is 5.08. The lowest BCUT2D eigenvalue weighted by atomic mass is 10.1. The van der Waals surface area contributed by atoms with E-state index in [1.165, 1.54) is 16.7 Å². The van der Waals surface area contributed by atoms with E-state index < -0.39 is 0 Å². The molecule has 0 saturated carbocycles. The summed E-state index contributed by atoms with van der Waals surface area (Å²) in [6.07, 6.45) is 5.20. The first-order chi connectivity index (χ1) is 6.24. The fraction of sp³-hybridized carbons (Fsp3) is 0.333. The third-order valence-corrected chi connectivity index (χ3v) is 2.23. The third-order valence-electron chi connectivity index (χ3n) is 2.01. The molecule has 0 nitrogen and oxygen atoms in total. The van der Waals surface area contributed by atoms with Crippen LogP contribution < -0.4 is 0 Å². The Morgan fingerprint density at radius 3 is 2.77 bits per heavy atom. The van der Waals surface area contributed by atoms with Gasteiger partial charge in [0.25, 0.3) is 0 Å². The number of alkyl halides is 1. The number of aryl methyl sites for hydroxylation is 2. The summed E-state index contributed by atoms with van der Waals surface area (Å²) in [5, 5.41) is 0. The van der Waals surface area contributed by atoms with Crippen molar-refractivity contribution in [2.45, 2.75) is 20.3 Å². The summed E-state index contributed by atoms with van der Waals surface area (Å²) < 4.78 is 0. The van der Waals surface area contributed by atoms with Crippen molar-refractivity contribution in [1.82, 2.24) is 0 Å². The number of rotatable bonds is 3. The lowest BCUT2D eigenvalue weighted by Gasteiger charge is -2.01. The smallest absolute Gasteiger partial charge is 0.0258 e. The van der Waals surface area contributed by atoms with Crippen LogP contribution in [-0.2, 0) is 0 Å². The summed E-state index contributed by atoms with van der Waals surface area (Å²) in [6, 6.07) is 6.48. The van der Waals surface area contributed by atoms with Gasteiger partial charge in [-0.25, -0.2) is 0 Å². The molecule has 0 bridgehead atoms. The van der Waals surface area contributed by atoms with Crippen LogP contribution in [0.5, 0.6) is 0 Å². The van der Waals surface area contributed by atoms with E-state index in [2.05, 4.69) is 44.2 Å². The van der Waals surface area contributed by atoms with E-state index >= 15 is 0 Å². The van der Waals surface area contributed by atoms with Gasteiger partial charge in [-0.2, -0.15) is 0 Å². The first-order valence-electron chi connectivity index (χ1n) is 4.54. The minimum atomic E-state index is 0.696. The number of benzene rings is 1. The van der Waals surface area contributed by atoms with Crippen LogP contribution in [0.3, 0.4) is 0 Å². The van der Waals surface area contributed by atoms with E-state index in [0.29, 0.717) is 5.88 Å². The van der Waals surface area contributed by atoms with Gasteiger partial charge in [-0.1, -0.05) is 35.9 Å². The molecule has 13 heavy (non-hydrogen) atoms. The van der Waals surface area contributed by atoms with E-state index in [4.69, 9.17) is 11.6 Å². The zero-order valence-corrected chi connectivity index (χ0v) is 8.93. The number of halogens is 1. The van der Waals surface area contributed by atoms with E-state index in [1.54, 1.807) is 0 Å². The van der Waals surface area contributed by atoms with Crippen LogP contribution in [0.1, 0.15) is 23.1 Å². The van der Waals surface area contributed by atoms with Gasteiger partial charge in [-0.3, -0.25) is 0 Å². The normalized spacial score (nSPS) is 11.0. The minimum Gasteiger partial charge on any atom is -0.126 e. The topological polar surface area (TPSA) is 0 Å². The van der Waals surface area contributed by atoms with Crippen molar-refractivity contribution in [3.05, 3.63) is 41.0 Å². The summed E-state index contributed by atoms with van der Waals surface area (Å²) in [4.78, 5) is 0. The Morgan fingerprint density at radius 2 is 2.08 bits per heavy atom. The zero-order valence-electron chi connectivity index (χ0n) is 8.18. The molecule has 0 aromatic heterocycles. The van der Waals surface area contributed by atoms with Gasteiger partial charge >= 0.3 is 0 Å². The van der Waals surface area contributed by atoms with E-state index in [-0.39, 0.29) is 0 Å². The Bertz CT molecular complexity index is 300. The molecule has 0 aliphatic heterocycles. The van der Waals surface area contributed by atoms with Crippen LogP contribution >= 0.6 is 11.6 Å². The highest BCUT2D eigenvalue weighted by Gasteiger charge is 1.93. The van der Waals surface area contributed by atoms with Crippen molar-refractivity contribution < 1.29 is 0 Å². The first kappa shape index (κ1) is 10.3. The van der Waals surface area contributed by atoms with E-state index in [1.807, 2.05) is 0 Å². The lowest BCUT2D eigenvalue weighted by Crippen LogP contribution is -1.81. The van der Waals surface area contributed by atoms with Gasteiger partial charge in [-0.15, -0.1) is 11.6 Å². The van der Waals surface area contributed by atoms with Gasteiger partial charge in [0, 0.05) is 5.88 Å². The van der Waals surface area contributed by atoms with Crippen molar-refractivity contribution >= 4 is 17.7 Å². The standard InChI is InChI=1S/C12H15Cl/c1-10-6-7-11(2)12(9-10)5-3-4-8-13/h3,5-7,9H,4,8H2,1-2H3/b5-3+. The molecule has 0 amide bonds. The maximum Gasteiger partial charge on any atom is 0.0258 e. The van der Waals surface area contributed by atoms with Gasteiger partial charge < -0.3 is 0 Å². The minimum absolute atomic E-state index is 0.696. The van der Waals surface area contributed by atoms with Crippen molar-refractivity contribution in [2.24, 2.45) is 0 Å². The lowest BCUT2D eigenvalue weighted by molar-refractivity contribution is 1.24. The van der Waals surface area contributed by atoms with Gasteiger partial charge in [0.05, 0.1) is 0 Å². The summed E-state index contributed by atoms with van der Waals surface area (Å²) in [5.74, 6) is 0.696. The molecule has 0 saturated heterocycles. The highest BCUT2D eigenvalue weighted by Crippen LogP contribution is 2.12. The summed E-state index contributed by atoms with van der Waals surface area (Å²) in [6.45, 7) is 4.23. The Labute approximate surface area is 85.2 Å². The maximum absolute atomic E-state index is 5.59. The van der Waals surface area contributed by atoms with Crippen LogP contribution in [0.2, 0.25) is 0 Å². The number of hydrogen-bond donors (Lipinski definition) is 0. The molecule has 1 heteroatoms. The molecule has 0 unspecified atom stereocenters. The fourth-order valence-corrected chi connectivity index (χ4v) is 1.34. The molecule has 1 aromatic rings. The van der Waals surface area contributed by atoms with Crippen LogP contribution in [-0.4, -0.2) is 5.88 Å². The third kappa shape index (κ3) is 3.23. The van der Waals surface area contributed by atoms with E-state index in [9.17, 15) is 0 Å². The molecule has 0 atom stereocenters. The predicted molar refractivity (Wildman–Crippen MR) is 60.3 cm³/mol. The quantitative estimate of drug-likeness (QED) is 0.640. The SMILES string of the molecule is Cc1ccc(C)c(/C=C/CCCl)c1. The monoisotopic (exact) mass is 194 g/mol. The van der Waals surface area contributed by atoms with Gasteiger partial charge in [0.1, 0.15) is 0 Å². The predicted octanol–water partition coefficient (Wildman–Crippen LogP) is 3.95. The van der Waals surface area contributed by atoms with Gasteiger partial charge in [-0.05, 0) is 31.4 Å². The van der Waals surface area contributed by atoms with Gasteiger partial charge in [0.15, 0.2) is 0 Å². The molecule has 0 heterocycles. The van der Waals surface area contributed by atoms with Crippen molar-refractivity contribution in [1.29, 1.82) is 0 Å². The van der Waals surface area contributed by atoms with Crippen molar-refractivity contribution in [3.63, 3.8) is 0 Å². The molecule has 0 radical (unpaired) electrons. The summed E-state index contributed by atoms with van der Waals surface area (Å²) >= 11 is 5.59. The number of hydrogen-bond acceptors (Lipinski definition) is 0. The van der Waals surface area contributed by atoms with Crippen LogP contribution in [0, 0.1) is 13.8 Å². The largest absolute Gasteiger partial charge is 0.126 e. The molecule has 0 spiro atoms. The molecule has 1 rings (SSSR count). The Hall–Kier alpha value is -0.750. The second-order valence-corrected chi connectivity index (χ2v) is 3.62. The maximum atomic E-state index is 5.59. The molecule has 0 fully saturated rings. The Balaban J connectivity index is 2.81. The molecule has 0 aliphatic carbocycles. The average molecular weight is 195 g/mol. The van der Waals surface area contributed by atoms with Crippen molar-refractivity contribution in [3.8, 4) is 0 Å². The molecule has 0 aliphatic rings. The molecule has 1 aromatic carbocycles. The Morgan fingerprint density at radius 1 is 1.31 bits per heavy atom. The summed E-state index contributed by atoms with van der Waals surface area (Å²) in [7, 11) is 0. The van der Waals surface area contributed by atoms with Crippen LogP contribution in [0.4, 0.5) is 0 Å². The fourth-order valence-electron chi connectivity index (χ4n) is 1.21. The Kier molecular flexibility index (Phi) is 4.04. The van der Waals surface area contributed by atoms with Crippen molar-refractivity contribution in [2.75, 3.05) is 5.88 Å².